The first-order chi connectivity index (χ1) is 9.63. The Labute approximate surface area is 121 Å². The summed E-state index contributed by atoms with van der Waals surface area (Å²) in [5, 5.41) is 11.0. The minimum atomic E-state index is -0.0297. The van der Waals surface area contributed by atoms with Gasteiger partial charge in [-0.05, 0) is 24.6 Å². The summed E-state index contributed by atoms with van der Waals surface area (Å²) in [5.74, 6) is 1.27. The molecule has 0 saturated heterocycles. The van der Waals surface area contributed by atoms with E-state index in [-0.39, 0.29) is 5.91 Å². The van der Waals surface area contributed by atoms with Crippen molar-refractivity contribution in [2.45, 2.75) is 25.0 Å². The fourth-order valence-corrected chi connectivity index (χ4v) is 2.31. The zero-order chi connectivity index (χ0) is 14.4. The standard InChI is InChI=1S/C13H16N4O2S/c1-9-16-17-13(19-9)20-7-3-6-12(18)15-11-5-2-4-10(14)8-11/h2,4-5,8H,3,6-7,14H2,1H3,(H,15,18). The number of nitrogen functional groups attached to an aromatic ring is 1. The van der Waals surface area contributed by atoms with Crippen LogP contribution in [0.25, 0.3) is 0 Å². The molecule has 0 spiro atoms. The molecule has 1 aromatic carbocycles. The fraction of sp³-hybridized carbons (Fsp3) is 0.308. The van der Waals surface area contributed by atoms with E-state index in [1.54, 1.807) is 25.1 Å². The number of aromatic nitrogens is 2. The molecule has 2 aromatic rings. The number of nitrogens with two attached hydrogens (primary N) is 1. The van der Waals surface area contributed by atoms with E-state index in [9.17, 15) is 4.79 Å². The molecule has 0 unspecified atom stereocenters. The Kier molecular flexibility index (Phi) is 5.00. The molecule has 0 aliphatic carbocycles. The van der Waals surface area contributed by atoms with Gasteiger partial charge in [-0.3, -0.25) is 4.79 Å². The van der Waals surface area contributed by atoms with Crippen LogP contribution in [0.1, 0.15) is 18.7 Å². The number of benzene rings is 1. The Hall–Kier alpha value is -2.02. The highest BCUT2D eigenvalue weighted by atomic mass is 32.2. The molecule has 3 N–H and O–H groups in total. The van der Waals surface area contributed by atoms with E-state index in [0.717, 1.165) is 17.9 Å². The van der Waals surface area contributed by atoms with Crippen molar-refractivity contribution in [1.29, 1.82) is 0 Å². The lowest BCUT2D eigenvalue weighted by atomic mass is 10.2. The number of hydrogen-bond donors (Lipinski definition) is 2. The summed E-state index contributed by atoms with van der Waals surface area (Å²) in [5.41, 5.74) is 6.99. The van der Waals surface area contributed by atoms with Gasteiger partial charge in [0.2, 0.25) is 11.8 Å². The van der Waals surface area contributed by atoms with Gasteiger partial charge in [-0.15, -0.1) is 10.2 Å². The molecule has 0 fully saturated rings. The molecule has 0 atom stereocenters. The van der Waals surface area contributed by atoms with E-state index >= 15 is 0 Å². The second-order valence-electron chi connectivity index (χ2n) is 4.21. The van der Waals surface area contributed by atoms with Gasteiger partial charge in [0.25, 0.3) is 5.22 Å². The average molecular weight is 292 g/mol. The van der Waals surface area contributed by atoms with E-state index in [1.165, 1.54) is 11.8 Å². The van der Waals surface area contributed by atoms with Gasteiger partial charge in [0.15, 0.2) is 0 Å². The Morgan fingerprint density at radius 3 is 3.00 bits per heavy atom. The Bertz CT molecular complexity index is 585. The molecule has 1 heterocycles. The number of rotatable bonds is 6. The zero-order valence-corrected chi connectivity index (χ0v) is 11.9. The number of anilines is 2. The first kappa shape index (κ1) is 14.4. The third-order valence-electron chi connectivity index (χ3n) is 2.45. The number of nitrogens with zero attached hydrogens (tertiary/aromatic N) is 2. The Morgan fingerprint density at radius 1 is 1.45 bits per heavy atom. The number of thioether (sulfide) groups is 1. The van der Waals surface area contributed by atoms with Crippen LogP contribution in [0, 0.1) is 6.92 Å². The lowest BCUT2D eigenvalue weighted by Crippen LogP contribution is -2.11. The molecule has 0 saturated carbocycles. The summed E-state index contributed by atoms with van der Waals surface area (Å²) in [4.78, 5) is 11.7. The summed E-state index contributed by atoms with van der Waals surface area (Å²) in [6, 6.07) is 7.12. The van der Waals surface area contributed by atoms with Gasteiger partial charge in [0.05, 0.1) is 0 Å². The maximum absolute atomic E-state index is 11.7. The first-order valence-electron chi connectivity index (χ1n) is 6.22. The van der Waals surface area contributed by atoms with Crippen LogP contribution in [0.2, 0.25) is 0 Å². The van der Waals surface area contributed by atoms with Crippen molar-refractivity contribution in [3.05, 3.63) is 30.2 Å². The van der Waals surface area contributed by atoms with E-state index < -0.39 is 0 Å². The molecule has 0 aliphatic heterocycles. The zero-order valence-electron chi connectivity index (χ0n) is 11.1. The van der Waals surface area contributed by atoms with Crippen molar-refractivity contribution in [2.75, 3.05) is 16.8 Å². The van der Waals surface area contributed by atoms with Gasteiger partial charge in [0, 0.05) is 30.5 Å². The number of carbonyl (C=O) groups is 1. The van der Waals surface area contributed by atoms with Crippen molar-refractivity contribution in [1.82, 2.24) is 10.2 Å². The van der Waals surface area contributed by atoms with Gasteiger partial charge in [-0.2, -0.15) is 0 Å². The number of nitrogens with one attached hydrogen (secondary N) is 1. The maximum atomic E-state index is 11.7. The predicted molar refractivity (Wildman–Crippen MR) is 78.5 cm³/mol. The summed E-state index contributed by atoms with van der Waals surface area (Å²) >= 11 is 1.45. The highest BCUT2D eigenvalue weighted by Gasteiger charge is 2.05. The molecular formula is C13H16N4O2S. The largest absolute Gasteiger partial charge is 0.416 e. The van der Waals surface area contributed by atoms with E-state index in [1.807, 2.05) is 6.07 Å². The van der Waals surface area contributed by atoms with Gasteiger partial charge in [-0.1, -0.05) is 17.8 Å². The van der Waals surface area contributed by atoms with Crippen LogP contribution in [-0.2, 0) is 4.79 Å². The molecule has 0 aliphatic rings. The minimum Gasteiger partial charge on any atom is -0.416 e. The third kappa shape index (κ3) is 4.58. The van der Waals surface area contributed by atoms with Crippen molar-refractivity contribution in [3.8, 4) is 0 Å². The lowest BCUT2D eigenvalue weighted by molar-refractivity contribution is -0.116. The van der Waals surface area contributed by atoms with Crippen molar-refractivity contribution >= 4 is 29.0 Å². The Morgan fingerprint density at radius 2 is 2.30 bits per heavy atom. The van der Waals surface area contributed by atoms with Gasteiger partial charge in [0.1, 0.15) is 0 Å². The van der Waals surface area contributed by atoms with Crippen LogP contribution in [-0.4, -0.2) is 21.9 Å². The monoisotopic (exact) mass is 292 g/mol. The molecular weight excluding hydrogens is 276 g/mol. The van der Waals surface area contributed by atoms with E-state index in [2.05, 4.69) is 15.5 Å². The van der Waals surface area contributed by atoms with Crippen LogP contribution in [0.15, 0.2) is 33.9 Å². The van der Waals surface area contributed by atoms with Crippen molar-refractivity contribution in [3.63, 3.8) is 0 Å². The molecule has 2 rings (SSSR count). The number of amides is 1. The number of hydrogen-bond acceptors (Lipinski definition) is 6. The lowest BCUT2D eigenvalue weighted by Gasteiger charge is -2.05. The van der Waals surface area contributed by atoms with Crippen LogP contribution < -0.4 is 11.1 Å². The summed E-state index contributed by atoms with van der Waals surface area (Å²) in [7, 11) is 0. The highest BCUT2D eigenvalue weighted by Crippen LogP contribution is 2.17. The topological polar surface area (TPSA) is 94.0 Å². The predicted octanol–water partition coefficient (Wildman–Crippen LogP) is 2.47. The first-order valence-corrected chi connectivity index (χ1v) is 7.20. The molecule has 20 heavy (non-hydrogen) atoms. The van der Waals surface area contributed by atoms with Crippen molar-refractivity contribution in [2.24, 2.45) is 0 Å². The summed E-state index contributed by atoms with van der Waals surface area (Å²) < 4.78 is 5.23. The third-order valence-corrected chi connectivity index (χ3v) is 3.36. The van der Waals surface area contributed by atoms with Crippen LogP contribution in [0.5, 0.6) is 0 Å². The van der Waals surface area contributed by atoms with Crippen LogP contribution >= 0.6 is 11.8 Å². The number of aryl methyl sites for hydroxylation is 1. The van der Waals surface area contributed by atoms with Gasteiger partial charge < -0.3 is 15.5 Å². The molecule has 0 radical (unpaired) electrons. The highest BCUT2D eigenvalue weighted by molar-refractivity contribution is 7.99. The smallest absolute Gasteiger partial charge is 0.276 e. The van der Waals surface area contributed by atoms with Gasteiger partial charge in [-0.25, -0.2) is 0 Å². The molecule has 6 nitrogen and oxygen atoms in total. The summed E-state index contributed by atoms with van der Waals surface area (Å²) in [6.07, 6.45) is 1.18. The molecule has 7 heteroatoms. The summed E-state index contributed by atoms with van der Waals surface area (Å²) in [6.45, 7) is 1.75. The Balaban J connectivity index is 1.67. The van der Waals surface area contributed by atoms with E-state index in [0.29, 0.717) is 23.2 Å². The van der Waals surface area contributed by atoms with Crippen molar-refractivity contribution < 1.29 is 9.21 Å². The van der Waals surface area contributed by atoms with Crippen LogP contribution in [0.4, 0.5) is 11.4 Å². The number of carbonyl (C=O) groups excluding carboxylic acids is 1. The van der Waals surface area contributed by atoms with E-state index in [4.69, 9.17) is 10.2 Å². The fourth-order valence-electron chi connectivity index (χ4n) is 1.57. The average Bonchev–Trinajstić information content (AvgIpc) is 2.80. The molecule has 1 aromatic heterocycles. The maximum Gasteiger partial charge on any atom is 0.276 e. The second-order valence-corrected chi connectivity index (χ2v) is 5.26. The van der Waals surface area contributed by atoms with Crippen LogP contribution in [0.3, 0.4) is 0 Å². The quantitative estimate of drug-likeness (QED) is 0.482. The minimum absolute atomic E-state index is 0.0297. The SMILES string of the molecule is Cc1nnc(SCCCC(=O)Nc2cccc(N)c2)o1. The molecule has 106 valence electrons. The normalized spacial score (nSPS) is 10.4. The molecule has 1 amide bonds. The van der Waals surface area contributed by atoms with Gasteiger partial charge >= 0.3 is 0 Å². The second kappa shape index (κ2) is 6.95. The molecule has 0 bridgehead atoms.